The minimum Gasteiger partial charge on any atom is -0.444 e. The molecule has 9 heteroatoms. The van der Waals surface area contributed by atoms with Crippen molar-refractivity contribution in [1.82, 2.24) is 15.5 Å². The van der Waals surface area contributed by atoms with E-state index >= 15 is 0 Å². The molecule has 2 amide bonds. The Labute approximate surface area is 174 Å². The van der Waals surface area contributed by atoms with Gasteiger partial charge in [0.1, 0.15) is 5.60 Å². The maximum absolute atomic E-state index is 12.7. The predicted molar refractivity (Wildman–Crippen MR) is 110 cm³/mol. The molecule has 1 heterocycles. The van der Waals surface area contributed by atoms with Crippen LogP contribution in [0, 0.1) is 6.92 Å². The van der Waals surface area contributed by atoms with Gasteiger partial charge in [-0.05, 0) is 52.3 Å². The summed E-state index contributed by atoms with van der Waals surface area (Å²) in [5.41, 5.74) is 0.876. The van der Waals surface area contributed by atoms with Crippen molar-refractivity contribution in [2.45, 2.75) is 52.7 Å². The van der Waals surface area contributed by atoms with E-state index in [2.05, 4.69) is 20.8 Å². The molecule has 156 valence electrons. The summed E-state index contributed by atoms with van der Waals surface area (Å²) in [5, 5.41) is 12.2. The molecule has 0 bridgehead atoms. The van der Waals surface area contributed by atoms with Crippen LogP contribution in [0.4, 0.5) is 10.6 Å². The minimum absolute atomic E-state index is 0.0590. The van der Waals surface area contributed by atoms with E-state index in [1.807, 2.05) is 6.92 Å². The lowest BCUT2D eigenvalue weighted by molar-refractivity contribution is -0.120. The Morgan fingerprint density at radius 2 is 1.93 bits per heavy atom. The summed E-state index contributed by atoms with van der Waals surface area (Å²) >= 11 is 6.04. The number of ketones is 1. The number of aryl methyl sites for hydroxylation is 1. The van der Waals surface area contributed by atoms with Crippen LogP contribution in [-0.2, 0) is 16.0 Å². The fourth-order valence-corrected chi connectivity index (χ4v) is 2.66. The van der Waals surface area contributed by atoms with Gasteiger partial charge in [-0.25, -0.2) is 4.79 Å². The zero-order valence-electron chi connectivity index (χ0n) is 17.1. The van der Waals surface area contributed by atoms with Crippen molar-refractivity contribution < 1.29 is 19.1 Å². The van der Waals surface area contributed by atoms with Crippen molar-refractivity contribution in [3.8, 4) is 0 Å². The van der Waals surface area contributed by atoms with Crippen LogP contribution < -0.4 is 10.6 Å². The Morgan fingerprint density at radius 3 is 2.52 bits per heavy atom. The van der Waals surface area contributed by atoms with Gasteiger partial charge < -0.3 is 15.4 Å². The van der Waals surface area contributed by atoms with E-state index in [0.29, 0.717) is 16.4 Å². The summed E-state index contributed by atoms with van der Waals surface area (Å²) < 4.78 is 5.16. The van der Waals surface area contributed by atoms with Crippen LogP contribution in [0.1, 0.15) is 49.3 Å². The first-order chi connectivity index (χ1) is 13.4. The number of anilines is 1. The average molecular weight is 421 g/mol. The van der Waals surface area contributed by atoms with Gasteiger partial charge in [-0.3, -0.25) is 14.7 Å². The predicted octanol–water partition coefficient (Wildman–Crippen LogP) is 3.65. The number of aromatic nitrogens is 2. The highest BCUT2D eigenvalue weighted by molar-refractivity contribution is 6.31. The number of halogens is 1. The molecular weight excluding hydrogens is 396 g/mol. The molecule has 0 radical (unpaired) electrons. The largest absolute Gasteiger partial charge is 0.444 e. The number of nitrogens with zero attached hydrogens (tertiary/aromatic N) is 1. The third-order valence-electron chi connectivity index (χ3n) is 3.84. The van der Waals surface area contributed by atoms with Crippen molar-refractivity contribution in [1.29, 1.82) is 0 Å². The second kappa shape index (κ2) is 9.09. The molecule has 0 spiro atoms. The molecule has 1 aromatic heterocycles. The first kappa shape index (κ1) is 22.4. The highest BCUT2D eigenvalue weighted by atomic mass is 35.5. The number of benzene rings is 1. The minimum atomic E-state index is -0.787. The molecule has 0 unspecified atom stereocenters. The average Bonchev–Trinajstić information content (AvgIpc) is 2.99. The van der Waals surface area contributed by atoms with Crippen LogP contribution in [-0.4, -0.2) is 39.6 Å². The third kappa shape index (κ3) is 6.90. The molecule has 0 saturated heterocycles. The number of ether oxygens (including phenoxy) is 1. The molecule has 0 fully saturated rings. The van der Waals surface area contributed by atoms with Crippen molar-refractivity contribution in [2.75, 3.05) is 5.32 Å². The van der Waals surface area contributed by atoms with Gasteiger partial charge in [-0.15, -0.1) is 0 Å². The fourth-order valence-electron chi connectivity index (χ4n) is 2.49. The normalized spacial score (nSPS) is 12.2. The topological polar surface area (TPSA) is 113 Å². The van der Waals surface area contributed by atoms with E-state index in [1.165, 1.54) is 6.07 Å². The molecule has 3 N–H and O–H groups in total. The number of aromatic amines is 1. The number of carbonyl (C=O) groups is 3. The highest BCUT2D eigenvalue weighted by Gasteiger charge is 2.23. The van der Waals surface area contributed by atoms with Crippen molar-refractivity contribution in [3.63, 3.8) is 0 Å². The van der Waals surface area contributed by atoms with Crippen molar-refractivity contribution in [3.05, 3.63) is 46.1 Å². The van der Waals surface area contributed by atoms with Gasteiger partial charge in [0, 0.05) is 28.8 Å². The smallest absolute Gasteiger partial charge is 0.408 e. The molecule has 29 heavy (non-hydrogen) atoms. The molecule has 2 rings (SSSR count). The fraction of sp³-hybridized carbons (Fsp3) is 0.400. The van der Waals surface area contributed by atoms with Gasteiger partial charge in [0.15, 0.2) is 11.6 Å². The standard InChI is InChI=1S/C20H25ClN4O4/c1-11-8-17(25-24-11)23-18(27)15-10-14(21)7-6-13(15)9-16(26)12(2)22-19(28)29-20(3,4)5/h6-8,10,12H,9H2,1-5H3,(H,22,28)(H2,23,24,25,27)/t12-/m0/s1. The molecule has 0 aliphatic heterocycles. The molecule has 1 aromatic carbocycles. The molecular formula is C20H25ClN4O4. The maximum Gasteiger partial charge on any atom is 0.408 e. The third-order valence-corrected chi connectivity index (χ3v) is 4.08. The molecule has 8 nitrogen and oxygen atoms in total. The summed E-state index contributed by atoms with van der Waals surface area (Å²) in [7, 11) is 0. The lowest BCUT2D eigenvalue weighted by Crippen LogP contribution is -2.42. The Kier molecular flexibility index (Phi) is 7.02. The van der Waals surface area contributed by atoms with Gasteiger partial charge in [-0.2, -0.15) is 5.10 Å². The lowest BCUT2D eigenvalue weighted by Gasteiger charge is -2.21. The van der Waals surface area contributed by atoms with Crippen LogP contribution >= 0.6 is 11.6 Å². The van der Waals surface area contributed by atoms with Gasteiger partial charge in [0.05, 0.1) is 6.04 Å². The number of hydrogen-bond acceptors (Lipinski definition) is 5. The van der Waals surface area contributed by atoms with Gasteiger partial charge in [0.2, 0.25) is 0 Å². The van der Waals surface area contributed by atoms with E-state index in [-0.39, 0.29) is 17.8 Å². The monoisotopic (exact) mass is 420 g/mol. The van der Waals surface area contributed by atoms with E-state index in [0.717, 1.165) is 5.69 Å². The molecule has 1 atom stereocenters. The SMILES string of the molecule is Cc1cc(NC(=O)c2cc(Cl)ccc2CC(=O)[C@H](C)NC(=O)OC(C)(C)C)n[nH]1. The first-order valence-electron chi connectivity index (χ1n) is 9.08. The Balaban J connectivity index is 2.10. The molecule has 2 aromatic rings. The molecule has 0 aliphatic carbocycles. The maximum atomic E-state index is 12.7. The number of alkyl carbamates (subject to hydrolysis) is 1. The van der Waals surface area contributed by atoms with E-state index in [9.17, 15) is 14.4 Å². The number of hydrogen-bond donors (Lipinski definition) is 3. The summed E-state index contributed by atoms with van der Waals surface area (Å²) in [6.45, 7) is 8.58. The first-order valence-corrected chi connectivity index (χ1v) is 9.46. The van der Waals surface area contributed by atoms with E-state index in [1.54, 1.807) is 45.9 Å². The van der Waals surface area contributed by atoms with Gasteiger partial charge in [0.25, 0.3) is 5.91 Å². The number of amides is 2. The number of H-pyrrole nitrogens is 1. The van der Waals surface area contributed by atoms with Crippen LogP contribution in [0.5, 0.6) is 0 Å². The number of Topliss-reactive ketones (excluding diaryl/α,β-unsaturated/α-hetero) is 1. The Morgan fingerprint density at radius 1 is 1.24 bits per heavy atom. The highest BCUT2D eigenvalue weighted by Crippen LogP contribution is 2.19. The number of rotatable bonds is 6. The van der Waals surface area contributed by atoms with Crippen LogP contribution in [0.25, 0.3) is 0 Å². The second-order valence-corrected chi connectivity index (χ2v) is 8.14. The van der Waals surface area contributed by atoms with Gasteiger partial charge in [-0.1, -0.05) is 17.7 Å². The van der Waals surface area contributed by atoms with Crippen molar-refractivity contribution >= 4 is 35.2 Å². The number of carbonyl (C=O) groups excluding carboxylic acids is 3. The van der Waals surface area contributed by atoms with Crippen molar-refractivity contribution in [2.24, 2.45) is 0 Å². The van der Waals surface area contributed by atoms with Gasteiger partial charge >= 0.3 is 6.09 Å². The van der Waals surface area contributed by atoms with Crippen LogP contribution in [0.2, 0.25) is 5.02 Å². The summed E-state index contributed by atoms with van der Waals surface area (Å²) in [4.78, 5) is 37.1. The molecule has 0 saturated carbocycles. The van der Waals surface area contributed by atoms with E-state index in [4.69, 9.17) is 16.3 Å². The summed E-state index contributed by atoms with van der Waals surface area (Å²) in [6.07, 6.45) is -0.738. The zero-order chi connectivity index (χ0) is 21.8. The zero-order valence-corrected chi connectivity index (χ0v) is 17.8. The second-order valence-electron chi connectivity index (χ2n) is 7.70. The summed E-state index contributed by atoms with van der Waals surface area (Å²) in [5.74, 6) is -0.345. The Bertz CT molecular complexity index is 917. The van der Waals surface area contributed by atoms with Crippen LogP contribution in [0.15, 0.2) is 24.3 Å². The summed E-state index contributed by atoms with van der Waals surface area (Å²) in [6, 6.07) is 5.60. The number of nitrogens with one attached hydrogen (secondary N) is 3. The lowest BCUT2D eigenvalue weighted by atomic mass is 9.99. The van der Waals surface area contributed by atoms with Crippen LogP contribution in [0.3, 0.4) is 0 Å². The van der Waals surface area contributed by atoms with E-state index < -0.39 is 23.6 Å². The Hall–Kier alpha value is -2.87. The quantitative estimate of drug-likeness (QED) is 0.660. The molecule has 0 aliphatic rings.